The van der Waals surface area contributed by atoms with Crippen LogP contribution < -0.4 is 16.0 Å². The summed E-state index contributed by atoms with van der Waals surface area (Å²) in [5.41, 5.74) is 1.07. The molecule has 0 bridgehead atoms. The van der Waals surface area contributed by atoms with Crippen molar-refractivity contribution in [3.63, 3.8) is 0 Å². The highest BCUT2D eigenvalue weighted by molar-refractivity contribution is 6.36. The molecule has 3 amide bonds. The first-order valence-electron chi connectivity index (χ1n) is 9.72. The van der Waals surface area contributed by atoms with Gasteiger partial charge in [-0.25, -0.2) is 0 Å². The van der Waals surface area contributed by atoms with Gasteiger partial charge >= 0.3 is 5.97 Å². The van der Waals surface area contributed by atoms with Crippen molar-refractivity contribution in [3.05, 3.63) is 69.7 Å². The minimum atomic E-state index is -1.04. The number of amides is 3. The van der Waals surface area contributed by atoms with Crippen LogP contribution in [0.25, 0.3) is 0 Å². The molecule has 0 aliphatic heterocycles. The van der Waals surface area contributed by atoms with Crippen LogP contribution in [0.4, 0.5) is 0 Å². The third-order valence-electron chi connectivity index (χ3n) is 4.35. The average molecular weight is 480 g/mol. The van der Waals surface area contributed by atoms with Crippen LogP contribution in [0.5, 0.6) is 0 Å². The first-order chi connectivity index (χ1) is 15.2. The summed E-state index contributed by atoms with van der Waals surface area (Å²) in [7, 11) is 0. The topological polar surface area (TPSA) is 114 Å². The van der Waals surface area contributed by atoms with E-state index in [4.69, 9.17) is 27.9 Å². The largest absolute Gasteiger partial charge is 0.451 e. The molecule has 0 aliphatic rings. The van der Waals surface area contributed by atoms with Gasteiger partial charge in [-0.3, -0.25) is 19.2 Å². The molecular weight excluding hydrogens is 457 g/mol. The van der Waals surface area contributed by atoms with Crippen LogP contribution in [0.2, 0.25) is 10.0 Å². The monoisotopic (exact) mass is 479 g/mol. The molecular formula is C22H23Cl2N3O5. The zero-order chi connectivity index (χ0) is 23.7. The smallest absolute Gasteiger partial charge is 0.326 e. The van der Waals surface area contributed by atoms with E-state index < -0.39 is 36.3 Å². The van der Waals surface area contributed by atoms with E-state index in [9.17, 15) is 19.2 Å². The molecule has 2 rings (SSSR count). The summed E-state index contributed by atoms with van der Waals surface area (Å²) < 4.78 is 5.04. The number of nitrogens with one attached hydrogen (secondary N) is 3. The molecule has 2 unspecified atom stereocenters. The van der Waals surface area contributed by atoms with Crippen molar-refractivity contribution in [1.29, 1.82) is 0 Å². The van der Waals surface area contributed by atoms with E-state index in [0.29, 0.717) is 5.02 Å². The molecule has 170 valence electrons. The van der Waals surface area contributed by atoms with Gasteiger partial charge in [0.2, 0.25) is 5.91 Å². The number of rotatable bonds is 9. The normalized spacial score (nSPS) is 12.2. The average Bonchev–Trinajstić information content (AvgIpc) is 2.76. The maximum atomic E-state index is 12.2. The molecule has 0 aliphatic carbocycles. The lowest BCUT2D eigenvalue weighted by Gasteiger charge is -2.18. The Kier molecular flexibility index (Phi) is 9.49. The first-order valence-corrected chi connectivity index (χ1v) is 10.5. The molecule has 0 fully saturated rings. The third kappa shape index (κ3) is 7.86. The molecule has 2 atom stereocenters. The van der Waals surface area contributed by atoms with Crippen molar-refractivity contribution >= 4 is 46.9 Å². The number of carbonyl (C=O) groups is 4. The second kappa shape index (κ2) is 12.1. The van der Waals surface area contributed by atoms with Gasteiger partial charge in [0.05, 0.1) is 23.2 Å². The lowest BCUT2D eigenvalue weighted by Crippen LogP contribution is -2.42. The molecule has 8 nitrogen and oxygen atoms in total. The fourth-order valence-electron chi connectivity index (χ4n) is 2.61. The van der Waals surface area contributed by atoms with Gasteiger partial charge in [-0.2, -0.15) is 0 Å². The number of ether oxygens (including phenoxy) is 1. The Hall–Kier alpha value is -3.10. The van der Waals surface area contributed by atoms with Gasteiger partial charge in [-0.05, 0) is 37.6 Å². The minimum absolute atomic E-state index is 0.146. The summed E-state index contributed by atoms with van der Waals surface area (Å²) in [6.07, 6.45) is -1.04. The van der Waals surface area contributed by atoms with Gasteiger partial charge in [0.25, 0.3) is 11.8 Å². The van der Waals surface area contributed by atoms with Gasteiger partial charge in [0.1, 0.15) is 6.54 Å². The summed E-state index contributed by atoms with van der Waals surface area (Å²) in [4.78, 5) is 48.1. The van der Waals surface area contributed by atoms with Crippen LogP contribution >= 0.6 is 23.2 Å². The number of carbonyl (C=O) groups excluding carboxylic acids is 4. The van der Waals surface area contributed by atoms with Gasteiger partial charge in [-0.15, -0.1) is 0 Å². The van der Waals surface area contributed by atoms with E-state index in [1.807, 2.05) is 37.3 Å². The van der Waals surface area contributed by atoms with Gasteiger partial charge in [0, 0.05) is 5.02 Å². The van der Waals surface area contributed by atoms with E-state index in [1.165, 1.54) is 25.1 Å². The molecule has 10 heteroatoms. The maximum Gasteiger partial charge on any atom is 0.326 e. The van der Waals surface area contributed by atoms with Crippen molar-refractivity contribution < 1.29 is 23.9 Å². The Morgan fingerprint density at radius 2 is 1.62 bits per heavy atom. The summed E-state index contributed by atoms with van der Waals surface area (Å²) in [6.45, 7) is 2.41. The minimum Gasteiger partial charge on any atom is -0.451 e. The zero-order valence-corrected chi connectivity index (χ0v) is 19.0. The van der Waals surface area contributed by atoms with Crippen LogP contribution in [-0.4, -0.2) is 42.9 Å². The highest BCUT2D eigenvalue weighted by Gasteiger charge is 2.20. The predicted molar refractivity (Wildman–Crippen MR) is 120 cm³/mol. The Morgan fingerprint density at radius 1 is 0.938 bits per heavy atom. The Balaban J connectivity index is 1.71. The van der Waals surface area contributed by atoms with Gasteiger partial charge in [0.15, 0.2) is 6.10 Å². The first kappa shape index (κ1) is 25.2. The lowest BCUT2D eigenvalue weighted by atomic mass is 10.1. The molecule has 0 spiro atoms. The lowest BCUT2D eigenvalue weighted by molar-refractivity contribution is -0.154. The van der Waals surface area contributed by atoms with Crippen LogP contribution in [-0.2, 0) is 19.1 Å². The van der Waals surface area contributed by atoms with Gasteiger partial charge < -0.3 is 20.7 Å². The fourth-order valence-corrected chi connectivity index (χ4v) is 3.11. The Morgan fingerprint density at radius 3 is 2.28 bits per heavy atom. The molecule has 0 aromatic heterocycles. The number of benzene rings is 2. The van der Waals surface area contributed by atoms with E-state index >= 15 is 0 Å². The predicted octanol–water partition coefficient (Wildman–Crippen LogP) is 2.65. The van der Waals surface area contributed by atoms with Crippen molar-refractivity contribution in [2.24, 2.45) is 0 Å². The van der Waals surface area contributed by atoms with E-state index in [0.717, 1.165) is 5.56 Å². The number of esters is 1. The highest BCUT2D eigenvalue weighted by Crippen LogP contribution is 2.20. The number of hydrogen-bond acceptors (Lipinski definition) is 5. The fraction of sp³-hybridized carbons (Fsp3) is 0.273. The molecule has 0 saturated heterocycles. The number of halogens is 2. The van der Waals surface area contributed by atoms with Gasteiger partial charge in [-0.1, -0.05) is 53.5 Å². The van der Waals surface area contributed by atoms with Crippen LogP contribution in [0.3, 0.4) is 0 Å². The number of hydrogen-bond donors (Lipinski definition) is 3. The van der Waals surface area contributed by atoms with Crippen LogP contribution in [0, 0.1) is 0 Å². The molecule has 3 N–H and O–H groups in total. The maximum absolute atomic E-state index is 12.2. The van der Waals surface area contributed by atoms with E-state index in [-0.39, 0.29) is 23.2 Å². The summed E-state index contributed by atoms with van der Waals surface area (Å²) in [5.74, 6) is -2.44. The van der Waals surface area contributed by atoms with Crippen molar-refractivity contribution in [3.8, 4) is 0 Å². The molecule has 32 heavy (non-hydrogen) atoms. The van der Waals surface area contributed by atoms with Crippen molar-refractivity contribution in [2.45, 2.75) is 26.0 Å². The molecule has 2 aromatic carbocycles. The third-order valence-corrected chi connectivity index (χ3v) is 4.90. The summed E-state index contributed by atoms with van der Waals surface area (Å²) in [6, 6.07) is 13.4. The molecule has 2 aromatic rings. The van der Waals surface area contributed by atoms with Crippen molar-refractivity contribution in [1.82, 2.24) is 16.0 Å². The zero-order valence-electron chi connectivity index (χ0n) is 17.5. The quantitative estimate of drug-likeness (QED) is 0.478. The van der Waals surface area contributed by atoms with Crippen LogP contribution in [0.1, 0.15) is 35.8 Å². The Labute approximate surface area is 195 Å². The summed E-state index contributed by atoms with van der Waals surface area (Å²) >= 11 is 11.7. The van der Waals surface area contributed by atoms with E-state index in [1.54, 1.807) is 0 Å². The molecule has 0 saturated carbocycles. The summed E-state index contributed by atoms with van der Waals surface area (Å²) in [5, 5.41) is 7.97. The van der Waals surface area contributed by atoms with E-state index in [2.05, 4.69) is 16.0 Å². The standard InChI is InChI=1S/C22H23Cl2N3O5/c1-13(15-6-4-3-5-7-15)27-21(30)14(2)32-20(29)12-25-19(28)11-26-22(31)17-9-8-16(23)10-18(17)24/h3-10,13-14H,11-12H2,1-2H3,(H,25,28)(H,26,31)(H,27,30). The SMILES string of the molecule is CC(OC(=O)CNC(=O)CNC(=O)c1ccc(Cl)cc1Cl)C(=O)NC(C)c1ccccc1. The van der Waals surface area contributed by atoms with Crippen molar-refractivity contribution in [2.75, 3.05) is 13.1 Å². The highest BCUT2D eigenvalue weighted by atomic mass is 35.5. The molecule has 0 heterocycles. The second-order valence-electron chi connectivity index (χ2n) is 6.86. The Bertz CT molecular complexity index is 985. The second-order valence-corrected chi connectivity index (χ2v) is 7.70. The van der Waals surface area contributed by atoms with Crippen LogP contribution in [0.15, 0.2) is 48.5 Å². The molecule has 0 radical (unpaired) electrons.